The van der Waals surface area contributed by atoms with E-state index in [1.165, 1.54) is 15.0 Å². The second kappa shape index (κ2) is 5.21. The molecule has 0 N–H and O–H groups in total. The van der Waals surface area contributed by atoms with Crippen molar-refractivity contribution in [2.75, 3.05) is 18.6 Å². The summed E-state index contributed by atoms with van der Waals surface area (Å²) >= 11 is 7.66. The molecule has 0 atom stereocenters. The molecule has 0 aliphatic carbocycles. The van der Waals surface area contributed by atoms with E-state index in [1.807, 2.05) is 12.1 Å². The maximum Gasteiger partial charge on any atom is 0.292 e. The van der Waals surface area contributed by atoms with E-state index < -0.39 is 0 Å². The maximum absolute atomic E-state index is 12.9. The first kappa shape index (κ1) is 14.5. The molecule has 3 aromatic rings. The van der Waals surface area contributed by atoms with Crippen molar-refractivity contribution in [3.63, 3.8) is 0 Å². The highest BCUT2D eigenvalue weighted by Gasteiger charge is 2.30. The Morgan fingerprint density at radius 3 is 3.09 bits per heavy atom. The van der Waals surface area contributed by atoms with E-state index in [0.29, 0.717) is 22.9 Å². The number of carbonyl (C=O) groups excluding carboxylic acids is 1. The molecule has 4 rings (SSSR count). The molecular formula is C15H14ClN5OS. The van der Waals surface area contributed by atoms with Crippen molar-refractivity contribution in [1.29, 1.82) is 0 Å². The van der Waals surface area contributed by atoms with E-state index in [-0.39, 0.29) is 5.91 Å². The lowest BCUT2D eigenvalue weighted by atomic mass is 10.2. The van der Waals surface area contributed by atoms with Crippen LogP contribution in [0.5, 0.6) is 0 Å². The third kappa shape index (κ3) is 2.27. The number of carbonyl (C=O) groups is 1. The highest BCUT2D eigenvalue weighted by molar-refractivity contribution is 7.10. The molecule has 0 aromatic carbocycles. The van der Waals surface area contributed by atoms with Gasteiger partial charge in [0.05, 0.1) is 16.9 Å². The lowest BCUT2D eigenvalue weighted by Crippen LogP contribution is -2.48. The molecule has 1 aliphatic rings. The molecule has 0 spiro atoms. The molecule has 0 radical (unpaired) electrons. The number of aromatic nitrogens is 3. The van der Waals surface area contributed by atoms with Crippen molar-refractivity contribution in [3.05, 3.63) is 45.0 Å². The Balaban J connectivity index is 1.69. The quantitative estimate of drug-likeness (QED) is 0.679. The van der Waals surface area contributed by atoms with Crippen LogP contribution in [0.3, 0.4) is 0 Å². The molecule has 4 heterocycles. The zero-order valence-electron chi connectivity index (χ0n) is 12.7. The van der Waals surface area contributed by atoms with E-state index in [0.717, 1.165) is 12.1 Å². The third-order valence-corrected chi connectivity index (χ3v) is 5.34. The van der Waals surface area contributed by atoms with Crippen molar-refractivity contribution >= 4 is 40.2 Å². The Morgan fingerprint density at radius 2 is 2.26 bits per heavy atom. The molecule has 6 nitrogen and oxygen atoms in total. The van der Waals surface area contributed by atoms with Gasteiger partial charge in [-0.05, 0) is 17.9 Å². The van der Waals surface area contributed by atoms with E-state index in [4.69, 9.17) is 11.6 Å². The number of anilines is 1. The summed E-state index contributed by atoms with van der Waals surface area (Å²) in [5.74, 6) is -0.134. The van der Waals surface area contributed by atoms with Crippen molar-refractivity contribution < 1.29 is 4.79 Å². The fraction of sp³-hybridized carbons (Fsp3) is 0.267. The molecule has 0 fully saturated rings. The monoisotopic (exact) mass is 347 g/mol. The number of halogens is 1. The second-order valence-corrected chi connectivity index (χ2v) is 6.90. The predicted octanol–water partition coefficient (Wildman–Crippen LogP) is 2.80. The van der Waals surface area contributed by atoms with Crippen molar-refractivity contribution in [1.82, 2.24) is 19.6 Å². The molecule has 1 aliphatic heterocycles. The number of fused-ring (bicyclic) bond motifs is 2. The summed E-state index contributed by atoms with van der Waals surface area (Å²) in [6, 6.07) is 1.68. The van der Waals surface area contributed by atoms with Crippen molar-refractivity contribution in [3.8, 4) is 0 Å². The van der Waals surface area contributed by atoms with E-state index in [1.54, 1.807) is 34.8 Å². The van der Waals surface area contributed by atoms with E-state index in [2.05, 4.69) is 22.4 Å². The Bertz CT molecular complexity index is 918. The minimum absolute atomic E-state index is 0.134. The molecule has 0 bridgehead atoms. The zero-order valence-corrected chi connectivity index (χ0v) is 14.2. The van der Waals surface area contributed by atoms with Crippen LogP contribution in [0.4, 0.5) is 5.69 Å². The fourth-order valence-electron chi connectivity index (χ4n) is 2.91. The first-order valence-electron chi connectivity index (χ1n) is 7.18. The number of amides is 1. The summed E-state index contributed by atoms with van der Waals surface area (Å²) < 4.78 is 1.53. The van der Waals surface area contributed by atoms with Gasteiger partial charge in [-0.25, -0.2) is 14.5 Å². The lowest BCUT2D eigenvalue weighted by molar-refractivity contribution is 0.0733. The van der Waals surface area contributed by atoms with Gasteiger partial charge in [0, 0.05) is 37.2 Å². The second-order valence-electron chi connectivity index (χ2n) is 5.50. The number of hydrazine groups is 1. The van der Waals surface area contributed by atoms with Crippen LogP contribution in [-0.2, 0) is 6.42 Å². The molecule has 3 aromatic heterocycles. The number of hydrogen-bond donors (Lipinski definition) is 0. The standard InChI is InChI=1S/C15H14ClN5OS/c1-9-8-23-12-3-4-21(19(2)14(9)12)15(22)11-5-13-17-6-10(16)7-20(13)18-11/h5-8H,3-4H2,1-2H3. The zero-order chi connectivity index (χ0) is 16.1. The molecule has 1 amide bonds. The highest BCUT2D eigenvalue weighted by atomic mass is 35.5. The van der Waals surface area contributed by atoms with Crippen LogP contribution in [0.1, 0.15) is 20.9 Å². The summed E-state index contributed by atoms with van der Waals surface area (Å²) in [7, 11) is 1.92. The smallest absolute Gasteiger partial charge is 0.284 e. The molecule has 118 valence electrons. The van der Waals surface area contributed by atoms with Crippen LogP contribution in [-0.4, -0.2) is 39.1 Å². The van der Waals surface area contributed by atoms with Gasteiger partial charge in [0.1, 0.15) is 0 Å². The third-order valence-electron chi connectivity index (χ3n) is 3.99. The Hall–Kier alpha value is -2.12. The van der Waals surface area contributed by atoms with Crippen LogP contribution in [0.25, 0.3) is 5.65 Å². The molecule has 0 saturated carbocycles. The number of rotatable bonds is 1. The number of thiophene rings is 1. The fourth-order valence-corrected chi connectivity index (χ4v) is 4.10. The number of hydrogen-bond acceptors (Lipinski definition) is 5. The van der Waals surface area contributed by atoms with Gasteiger partial charge in [-0.15, -0.1) is 11.3 Å². The van der Waals surface area contributed by atoms with Crippen LogP contribution in [0.2, 0.25) is 5.02 Å². The summed E-state index contributed by atoms with van der Waals surface area (Å²) in [5, 5.41) is 10.6. The summed E-state index contributed by atoms with van der Waals surface area (Å²) in [6.07, 6.45) is 4.05. The average Bonchev–Trinajstić information content (AvgIpc) is 3.11. The number of aryl methyl sites for hydroxylation is 1. The Morgan fingerprint density at radius 1 is 1.43 bits per heavy atom. The highest BCUT2D eigenvalue weighted by Crippen LogP contribution is 2.35. The van der Waals surface area contributed by atoms with Gasteiger partial charge in [0.15, 0.2) is 11.3 Å². The van der Waals surface area contributed by atoms with Gasteiger partial charge >= 0.3 is 0 Å². The van der Waals surface area contributed by atoms with Crippen molar-refractivity contribution in [2.24, 2.45) is 0 Å². The first-order valence-corrected chi connectivity index (χ1v) is 8.44. The molecule has 0 unspecified atom stereocenters. The van der Waals surface area contributed by atoms with Crippen LogP contribution >= 0.6 is 22.9 Å². The van der Waals surface area contributed by atoms with Gasteiger partial charge < -0.3 is 0 Å². The van der Waals surface area contributed by atoms with Gasteiger partial charge in [-0.3, -0.25) is 9.80 Å². The van der Waals surface area contributed by atoms with Crippen LogP contribution < -0.4 is 5.01 Å². The topological polar surface area (TPSA) is 53.7 Å². The van der Waals surface area contributed by atoms with Crippen LogP contribution in [0.15, 0.2) is 23.8 Å². The van der Waals surface area contributed by atoms with E-state index in [9.17, 15) is 4.79 Å². The van der Waals surface area contributed by atoms with E-state index >= 15 is 0 Å². The minimum atomic E-state index is -0.134. The molecule has 23 heavy (non-hydrogen) atoms. The Labute approximate surface area is 141 Å². The largest absolute Gasteiger partial charge is 0.292 e. The molecular weight excluding hydrogens is 334 g/mol. The van der Waals surface area contributed by atoms with Crippen LogP contribution in [0, 0.1) is 6.92 Å². The minimum Gasteiger partial charge on any atom is -0.284 e. The predicted molar refractivity (Wildman–Crippen MR) is 90.2 cm³/mol. The Kier molecular flexibility index (Phi) is 3.28. The summed E-state index contributed by atoms with van der Waals surface area (Å²) in [4.78, 5) is 18.4. The molecule has 0 saturated heterocycles. The first-order chi connectivity index (χ1) is 11.0. The average molecular weight is 348 g/mol. The van der Waals surface area contributed by atoms with Gasteiger partial charge in [0.2, 0.25) is 0 Å². The summed E-state index contributed by atoms with van der Waals surface area (Å²) in [6.45, 7) is 2.71. The maximum atomic E-state index is 12.9. The number of nitrogens with zero attached hydrogens (tertiary/aromatic N) is 5. The normalized spacial score (nSPS) is 14.4. The van der Waals surface area contributed by atoms with Gasteiger partial charge in [0.25, 0.3) is 5.91 Å². The SMILES string of the molecule is Cc1csc2c1N(C)N(C(=O)c1cc3ncc(Cl)cn3n1)CC2. The van der Waals surface area contributed by atoms with Gasteiger partial charge in [-0.2, -0.15) is 5.10 Å². The molecule has 8 heteroatoms. The van der Waals surface area contributed by atoms with Gasteiger partial charge in [-0.1, -0.05) is 11.6 Å². The lowest BCUT2D eigenvalue weighted by Gasteiger charge is -2.37. The summed E-state index contributed by atoms with van der Waals surface area (Å²) in [5.41, 5.74) is 3.28. The van der Waals surface area contributed by atoms with Crippen molar-refractivity contribution in [2.45, 2.75) is 13.3 Å².